The van der Waals surface area contributed by atoms with E-state index in [4.69, 9.17) is 5.11 Å². The molecule has 0 amide bonds. The van der Waals surface area contributed by atoms with Crippen molar-refractivity contribution in [1.29, 1.82) is 0 Å². The van der Waals surface area contributed by atoms with Crippen LogP contribution in [0, 0.1) is 5.82 Å². The monoisotopic (exact) mass is 248 g/mol. The molecule has 0 spiro atoms. The van der Waals surface area contributed by atoms with Gasteiger partial charge in [-0.25, -0.2) is 9.18 Å². The molecule has 0 aliphatic rings. The lowest BCUT2D eigenvalue weighted by molar-refractivity contribution is -0.140. The summed E-state index contributed by atoms with van der Waals surface area (Å²) in [7, 11) is 0. The lowest BCUT2D eigenvalue weighted by Gasteiger charge is -2.08. The fourth-order valence-corrected chi connectivity index (χ4v) is 1.16. The van der Waals surface area contributed by atoms with Gasteiger partial charge in [0.1, 0.15) is 5.82 Å². The predicted octanol–water partition coefficient (Wildman–Crippen LogP) is 3.33. The molecule has 6 heteroatoms. The van der Waals surface area contributed by atoms with Gasteiger partial charge in [-0.3, -0.25) is 0 Å². The highest BCUT2D eigenvalue weighted by atomic mass is 19.4. The molecular weight excluding hydrogens is 240 g/mol. The first-order valence-corrected chi connectivity index (χ1v) is 4.50. The summed E-state index contributed by atoms with van der Waals surface area (Å²) in [5.74, 6) is -2.63. The van der Waals surface area contributed by atoms with Gasteiger partial charge in [0.05, 0.1) is 5.56 Å². The van der Waals surface area contributed by atoms with Crippen LogP contribution >= 0.6 is 0 Å². The summed E-state index contributed by atoms with van der Waals surface area (Å²) >= 11 is 0. The zero-order valence-corrected chi connectivity index (χ0v) is 8.68. The average molecular weight is 248 g/mol. The minimum Gasteiger partial charge on any atom is -0.478 e. The number of alkyl halides is 3. The van der Waals surface area contributed by atoms with Gasteiger partial charge in [0.2, 0.25) is 0 Å². The first-order chi connectivity index (χ1) is 7.71. The van der Waals surface area contributed by atoms with Crippen LogP contribution in [-0.4, -0.2) is 11.1 Å². The van der Waals surface area contributed by atoms with Crippen molar-refractivity contribution in [2.45, 2.75) is 13.1 Å². The number of aliphatic carboxylic acids is 1. The molecule has 2 nitrogen and oxygen atoms in total. The molecular formula is C11H8F4O2. The predicted molar refractivity (Wildman–Crippen MR) is 52.7 cm³/mol. The number of carboxylic acid groups (broad SMARTS) is 1. The maximum atomic E-state index is 12.9. The minimum atomic E-state index is -4.80. The molecule has 0 unspecified atom stereocenters. The molecule has 0 aliphatic heterocycles. The largest absolute Gasteiger partial charge is 0.478 e. The summed E-state index contributed by atoms with van der Waals surface area (Å²) in [5, 5.41) is 8.56. The third-order valence-electron chi connectivity index (χ3n) is 2.02. The van der Waals surface area contributed by atoms with Gasteiger partial charge in [0.15, 0.2) is 0 Å². The smallest absolute Gasteiger partial charge is 0.419 e. The Morgan fingerprint density at radius 2 is 1.94 bits per heavy atom. The van der Waals surface area contributed by atoms with Crippen molar-refractivity contribution in [3.05, 3.63) is 40.7 Å². The molecule has 1 aromatic rings. The van der Waals surface area contributed by atoms with Crippen LogP contribution in [0.3, 0.4) is 0 Å². The van der Waals surface area contributed by atoms with Crippen LogP contribution in [0.25, 0.3) is 6.08 Å². The molecule has 0 aliphatic carbocycles. The van der Waals surface area contributed by atoms with Crippen molar-refractivity contribution < 1.29 is 27.5 Å². The lowest BCUT2D eigenvalue weighted by atomic mass is 10.1. The lowest BCUT2D eigenvalue weighted by Crippen LogP contribution is -2.08. The van der Waals surface area contributed by atoms with Crippen molar-refractivity contribution in [2.75, 3.05) is 0 Å². The molecule has 0 saturated heterocycles. The van der Waals surface area contributed by atoms with Crippen molar-refractivity contribution in [3.8, 4) is 0 Å². The van der Waals surface area contributed by atoms with Crippen LogP contribution in [0.15, 0.2) is 23.8 Å². The van der Waals surface area contributed by atoms with Gasteiger partial charge in [0.25, 0.3) is 0 Å². The van der Waals surface area contributed by atoms with Gasteiger partial charge >= 0.3 is 12.1 Å². The molecule has 0 radical (unpaired) electrons. The number of rotatable bonds is 2. The summed E-state index contributed by atoms with van der Waals surface area (Å²) < 4.78 is 49.9. The van der Waals surface area contributed by atoms with Crippen molar-refractivity contribution in [1.82, 2.24) is 0 Å². The summed E-state index contributed by atoms with van der Waals surface area (Å²) in [6.45, 7) is 1.24. The van der Waals surface area contributed by atoms with E-state index in [0.29, 0.717) is 12.1 Å². The van der Waals surface area contributed by atoms with E-state index in [9.17, 15) is 22.4 Å². The van der Waals surface area contributed by atoms with E-state index in [1.165, 1.54) is 6.92 Å². The molecule has 17 heavy (non-hydrogen) atoms. The van der Waals surface area contributed by atoms with Gasteiger partial charge in [-0.15, -0.1) is 0 Å². The third-order valence-corrected chi connectivity index (χ3v) is 2.02. The van der Waals surface area contributed by atoms with E-state index >= 15 is 0 Å². The van der Waals surface area contributed by atoms with Gasteiger partial charge in [-0.1, -0.05) is 6.07 Å². The highest BCUT2D eigenvalue weighted by molar-refractivity contribution is 5.91. The highest BCUT2D eigenvalue weighted by Crippen LogP contribution is 2.32. The van der Waals surface area contributed by atoms with Crippen LogP contribution in [0.4, 0.5) is 17.6 Å². The summed E-state index contributed by atoms with van der Waals surface area (Å²) in [4.78, 5) is 10.5. The molecule has 92 valence electrons. The van der Waals surface area contributed by atoms with Gasteiger partial charge in [0, 0.05) is 5.57 Å². The normalized spacial score (nSPS) is 12.6. The number of carboxylic acids is 1. The fraction of sp³-hybridized carbons (Fsp3) is 0.182. The number of benzene rings is 1. The van der Waals surface area contributed by atoms with E-state index in [1.807, 2.05) is 0 Å². The molecule has 0 heterocycles. The van der Waals surface area contributed by atoms with E-state index in [1.54, 1.807) is 0 Å². The Balaban J connectivity index is 3.23. The Kier molecular flexibility index (Phi) is 3.55. The molecule has 0 atom stereocenters. The maximum Gasteiger partial charge on any atom is 0.419 e. The molecule has 0 saturated carbocycles. The Hall–Kier alpha value is -1.85. The zero-order valence-electron chi connectivity index (χ0n) is 8.68. The Labute approximate surface area is 94.2 Å². The second-order valence-corrected chi connectivity index (χ2v) is 3.37. The molecule has 0 fully saturated rings. The third kappa shape index (κ3) is 3.30. The van der Waals surface area contributed by atoms with E-state index in [-0.39, 0.29) is 11.1 Å². The van der Waals surface area contributed by atoms with Gasteiger partial charge in [-0.05, 0) is 30.7 Å². The Bertz CT molecular complexity index is 475. The molecule has 1 aromatic carbocycles. The Morgan fingerprint density at radius 1 is 1.35 bits per heavy atom. The average Bonchev–Trinajstić information content (AvgIpc) is 2.19. The molecule has 0 bridgehead atoms. The molecule has 1 N–H and O–H groups in total. The highest BCUT2D eigenvalue weighted by Gasteiger charge is 2.34. The van der Waals surface area contributed by atoms with E-state index in [2.05, 4.69) is 0 Å². The van der Waals surface area contributed by atoms with Crippen LogP contribution < -0.4 is 0 Å². The van der Waals surface area contributed by atoms with E-state index < -0.39 is 23.5 Å². The summed E-state index contributed by atoms with van der Waals surface area (Å²) in [6, 6.07) is 2.31. The van der Waals surface area contributed by atoms with Gasteiger partial charge in [-0.2, -0.15) is 13.2 Å². The van der Waals surface area contributed by atoms with Crippen LogP contribution in [0.1, 0.15) is 18.1 Å². The summed E-state index contributed by atoms with van der Waals surface area (Å²) in [6.07, 6.45) is -3.76. The van der Waals surface area contributed by atoms with Crippen molar-refractivity contribution in [3.63, 3.8) is 0 Å². The van der Waals surface area contributed by atoms with Crippen LogP contribution in [-0.2, 0) is 11.0 Å². The number of carbonyl (C=O) groups is 1. The van der Waals surface area contributed by atoms with Crippen molar-refractivity contribution in [2.24, 2.45) is 0 Å². The quantitative estimate of drug-likeness (QED) is 0.643. The SMILES string of the molecule is C/C(=C/c1ccc(F)c(C(F)(F)F)c1)C(=O)O. The van der Waals surface area contributed by atoms with E-state index in [0.717, 1.165) is 12.1 Å². The molecule has 1 rings (SSSR count). The Morgan fingerprint density at radius 3 is 2.41 bits per heavy atom. The topological polar surface area (TPSA) is 37.3 Å². The fourth-order valence-electron chi connectivity index (χ4n) is 1.16. The first kappa shape index (κ1) is 13.2. The molecule has 0 aromatic heterocycles. The van der Waals surface area contributed by atoms with Gasteiger partial charge < -0.3 is 5.11 Å². The minimum absolute atomic E-state index is 0.0152. The number of hydrogen-bond donors (Lipinski definition) is 1. The number of hydrogen-bond acceptors (Lipinski definition) is 1. The van der Waals surface area contributed by atoms with Crippen LogP contribution in [0.5, 0.6) is 0 Å². The maximum absolute atomic E-state index is 12.9. The van der Waals surface area contributed by atoms with Crippen molar-refractivity contribution >= 4 is 12.0 Å². The summed E-state index contributed by atoms with van der Waals surface area (Å²) in [5.41, 5.74) is -1.56. The first-order valence-electron chi connectivity index (χ1n) is 4.50. The second-order valence-electron chi connectivity index (χ2n) is 3.37. The standard InChI is InChI=1S/C11H8F4O2/c1-6(10(16)17)4-7-2-3-9(12)8(5-7)11(13,14)15/h2-5H,1H3,(H,16,17)/b6-4-. The number of halogens is 4. The zero-order chi connectivity index (χ0) is 13.2. The second kappa shape index (κ2) is 4.57. The van der Waals surface area contributed by atoms with Crippen LogP contribution in [0.2, 0.25) is 0 Å².